The molecule has 1 aliphatic rings. The van der Waals surface area contributed by atoms with E-state index in [1.165, 1.54) is 38.0 Å². The van der Waals surface area contributed by atoms with Crippen molar-refractivity contribution in [1.29, 1.82) is 0 Å². The van der Waals surface area contributed by atoms with Crippen LogP contribution >= 0.6 is 11.8 Å². The van der Waals surface area contributed by atoms with Gasteiger partial charge in [0, 0.05) is 25.8 Å². The molecule has 1 atom stereocenters. The second-order valence-corrected chi connectivity index (χ2v) is 10.2. The molecule has 1 unspecified atom stereocenters. The first-order valence-electron chi connectivity index (χ1n) is 8.60. The highest BCUT2D eigenvalue weighted by molar-refractivity contribution is 8.00. The molecular weight excluding hydrogens is 386 g/mol. The summed E-state index contributed by atoms with van der Waals surface area (Å²) in [6, 6.07) is 5.16. The molecule has 1 fully saturated rings. The molecule has 146 valence electrons. The molecule has 0 saturated heterocycles. The average molecular weight is 410 g/mol. The molecule has 1 aromatic carbocycles. The Morgan fingerprint density at radius 3 is 2.70 bits per heavy atom. The second kappa shape index (κ2) is 7.61. The van der Waals surface area contributed by atoms with Crippen molar-refractivity contribution in [3.05, 3.63) is 30.1 Å². The van der Waals surface area contributed by atoms with E-state index in [2.05, 4.69) is 15.5 Å². The van der Waals surface area contributed by atoms with Gasteiger partial charge in [0.05, 0.1) is 10.1 Å². The highest BCUT2D eigenvalue weighted by Crippen LogP contribution is 2.38. The number of hydrogen-bond acceptors (Lipinski definition) is 6. The van der Waals surface area contributed by atoms with Gasteiger partial charge >= 0.3 is 0 Å². The van der Waals surface area contributed by atoms with Crippen molar-refractivity contribution in [2.45, 2.75) is 48.0 Å². The number of aryl methyl sites for hydroxylation is 1. The van der Waals surface area contributed by atoms with Gasteiger partial charge in [-0.2, -0.15) is 0 Å². The average Bonchev–Trinajstić information content (AvgIpc) is 3.35. The molecule has 2 aromatic rings. The molecule has 1 saturated carbocycles. The van der Waals surface area contributed by atoms with Crippen LogP contribution in [0.25, 0.3) is 0 Å². The van der Waals surface area contributed by atoms with Crippen molar-refractivity contribution in [2.24, 2.45) is 0 Å². The molecule has 27 heavy (non-hydrogen) atoms. The normalized spacial score (nSPS) is 15.7. The monoisotopic (exact) mass is 409 g/mol. The lowest BCUT2D eigenvalue weighted by Crippen LogP contribution is -2.25. The summed E-state index contributed by atoms with van der Waals surface area (Å²) in [6.45, 7) is 3.62. The summed E-state index contributed by atoms with van der Waals surface area (Å²) in [5, 5.41) is 11.2. The van der Waals surface area contributed by atoms with Crippen molar-refractivity contribution < 1.29 is 13.2 Å². The minimum absolute atomic E-state index is 0.141. The molecule has 8 nitrogen and oxygen atoms in total. The number of rotatable bonds is 7. The summed E-state index contributed by atoms with van der Waals surface area (Å²) in [5.74, 6) is -0.215. The Labute approximate surface area is 163 Å². The van der Waals surface area contributed by atoms with Crippen LogP contribution in [0.5, 0.6) is 0 Å². The Kier molecular flexibility index (Phi) is 5.59. The van der Waals surface area contributed by atoms with Gasteiger partial charge in [0.2, 0.25) is 15.9 Å². The van der Waals surface area contributed by atoms with Crippen LogP contribution in [0, 0.1) is 6.92 Å². The predicted octanol–water partition coefficient (Wildman–Crippen LogP) is 2.29. The van der Waals surface area contributed by atoms with E-state index in [0.29, 0.717) is 11.7 Å². The maximum absolute atomic E-state index is 12.6. The number of amides is 1. The Morgan fingerprint density at radius 2 is 2.07 bits per heavy atom. The Bertz CT molecular complexity index is 951. The Balaban J connectivity index is 1.74. The Morgan fingerprint density at radius 1 is 1.37 bits per heavy atom. The molecule has 0 aliphatic heterocycles. The number of carbonyl (C=O) groups excluding carboxylic acids is 1. The molecule has 10 heteroatoms. The fourth-order valence-corrected chi connectivity index (χ4v) is 4.30. The van der Waals surface area contributed by atoms with Crippen LogP contribution in [0.2, 0.25) is 0 Å². The summed E-state index contributed by atoms with van der Waals surface area (Å²) in [6.07, 6.45) is 3.92. The summed E-state index contributed by atoms with van der Waals surface area (Å²) < 4.78 is 27.8. The van der Waals surface area contributed by atoms with E-state index in [4.69, 9.17) is 0 Å². The van der Waals surface area contributed by atoms with E-state index in [9.17, 15) is 13.2 Å². The smallest absolute Gasteiger partial charge is 0.242 e. The maximum atomic E-state index is 12.6. The summed E-state index contributed by atoms with van der Waals surface area (Å²) >= 11 is 1.34. The Hall–Kier alpha value is -1.91. The number of hydrogen-bond donors (Lipinski definition) is 1. The van der Waals surface area contributed by atoms with Gasteiger partial charge in [-0.05, 0) is 44.4 Å². The lowest BCUT2D eigenvalue weighted by Gasteiger charge is -2.16. The van der Waals surface area contributed by atoms with Crippen molar-refractivity contribution >= 4 is 33.4 Å². The minimum Gasteiger partial charge on any atom is -0.325 e. The van der Waals surface area contributed by atoms with Crippen LogP contribution in [-0.4, -0.2) is 52.7 Å². The van der Waals surface area contributed by atoms with Crippen LogP contribution < -0.4 is 5.32 Å². The summed E-state index contributed by atoms with van der Waals surface area (Å²) in [5.41, 5.74) is 1.28. The van der Waals surface area contributed by atoms with Crippen LogP contribution in [-0.2, 0) is 14.8 Å². The molecule has 0 bridgehead atoms. The van der Waals surface area contributed by atoms with E-state index in [1.807, 2.05) is 11.5 Å². The van der Waals surface area contributed by atoms with Gasteiger partial charge < -0.3 is 9.88 Å². The topological polar surface area (TPSA) is 97.2 Å². The standard InChI is InChI=1S/C17H23N5O3S2/c1-11-5-8-14(27(24,25)21(3)4)9-15(11)19-16(23)12(2)26-17-20-18-10-22(17)13-6-7-13/h5,8-10,12-13H,6-7H2,1-4H3,(H,19,23). The second-order valence-electron chi connectivity index (χ2n) is 6.77. The van der Waals surface area contributed by atoms with Gasteiger partial charge in [-0.3, -0.25) is 4.79 Å². The van der Waals surface area contributed by atoms with Crippen LogP contribution in [0.3, 0.4) is 0 Å². The van der Waals surface area contributed by atoms with Crippen molar-refractivity contribution in [3.63, 3.8) is 0 Å². The van der Waals surface area contributed by atoms with Crippen molar-refractivity contribution in [3.8, 4) is 0 Å². The fraction of sp³-hybridized carbons (Fsp3) is 0.471. The number of thioether (sulfide) groups is 1. The molecule has 1 amide bonds. The number of benzene rings is 1. The highest BCUT2D eigenvalue weighted by atomic mass is 32.2. The van der Waals surface area contributed by atoms with Gasteiger partial charge in [-0.15, -0.1) is 10.2 Å². The van der Waals surface area contributed by atoms with E-state index < -0.39 is 15.3 Å². The summed E-state index contributed by atoms with van der Waals surface area (Å²) in [7, 11) is -0.617. The predicted molar refractivity (Wildman–Crippen MR) is 104 cm³/mol. The van der Waals surface area contributed by atoms with Gasteiger partial charge in [0.1, 0.15) is 6.33 Å². The largest absolute Gasteiger partial charge is 0.325 e. The van der Waals surface area contributed by atoms with Crippen molar-refractivity contribution in [1.82, 2.24) is 19.1 Å². The fourth-order valence-electron chi connectivity index (χ4n) is 2.47. The molecule has 0 spiro atoms. The number of sulfonamides is 1. The van der Waals surface area contributed by atoms with Crippen molar-refractivity contribution in [2.75, 3.05) is 19.4 Å². The number of nitrogens with zero attached hydrogens (tertiary/aromatic N) is 4. The van der Waals surface area contributed by atoms with E-state index >= 15 is 0 Å². The first-order chi connectivity index (χ1) is 12.7. The van der Waals surface area contributed by atoms with Crippen LogP contribution in [0.1, 0.15) is 31.4 Å². The zero-order chi connectivity index (χ0) is 19.8. The molecule has 1 heterocycles. The van der Waals surface area contributed by atoms with Gasteiger partial charge in [-0.1, -0.05) is 17.8 Å². The zero-order valence-corrected chi connectivity index (χ0v) is 17.3. The highest BCUT2D eigenvalue weighted by Gasteiger charge is 2.28. The summed E-state index contributed by atoms with van der Waals surface area (Å²) in [4.78, 5) is 12.8. The number of anilines is 1. The van der Waals surface area contributed by atoms with Gasteiger partial charge in [0.15, 0.2) is 5.16 Å². The van der Waals surface area contributed by atoms with E-state index in [0.717, 1.165) is 27.9 Å². The van der Waals surface area contributed by atoms with E-state index in [-0.39, 0.29) is 10.8 Å². The third-order valence-electron chi connectivity index (χ3n) is 4.38. The molecule has 1 N–H and O–H groups in total. The quantitative estimate of drug-likeness (QED) is 0.705. The first-order valence-corrected chi connectivity index (χ1v) is 10.9. The molecular formula is C17H23N5O3S2. The SMILES string of the molecule is Cc1ccc(S(=O)(=O)N(C)C)cc1NC(=O)C(C)Sc1nncn1C1CC1. The molecule has 1 aromatic heterocycles. The molecule has 0 radical (unpaired) electrons. The minimum atomic E-state index is -3.57. The lowest BCUT2D eigenvalue weighted by atomic mass is 10.2. The number of carbonyl (C=O) groups is 1. The van der Waals surface area contributed by atoms with Crippen LogP contribution in [0.15, 0.2) is 34.6 Å². The zero-order valence-electron chi connectivity index (χ0n) is 15.7. The first kappa shape index (κ1) is 19.8. The third-order valence-corrected chi connectivity index (χ3v) is 7.26. The van der Waals surface area contributed by atoms with Gasteiger partial charge in [-0.25, -0.2) is 12.7 Å². The van der Waals surface area contributed by atoms with Gasteiger partial charge in [0.25, 0.3) is 0 Å². The van der Waals surface area contributed by atoms with Crippen LogP contribution in [0.4, 0.5) is 5.69 Å². The molecule has 1 aliphatic carbocycles. The van der Waals surface area contributed by atoms with E-state index in [1.54, 1.807) is 19.3 Å². The number of aromatic nitrogens is 3. The molecule has 3 rings (SSSR count). The lowest BCUT2D eigenvalue weighted by molar-refractivity contribution is -0.115. The third kappa shape index (κ3) is 4.33. The number of nitrogens with one attached hydrogen (secondary N) is 1. The maximum Gasteiger partial charge on any atom is 0.242 e.